The largest absolute Gasteiger partial charge is 0.355 e. The van der Waals surface area contributed by atoms with Crippen LogP contribution in [0.5, 0.6) is 0 Å². The number of nitrogens with one attached hydrogen (secondary N) is 3. The van der Waals surface area contributed by atoms with E-state index in [1.165, 1.54) is 0 Å². The maximum Gasteiger partial charge on any atom is 0.315 e. The standard InChI is InChI=1S/C18H25N5O2/c1-4-10-19-17(24)12-21-18(25)20-11-16-13(2)22-23(14(16)3)15-8-6-5-7-9-15/h5-9H,4,10-12H2,1-3H3,(H,19,24)(H2,20,21,25). The maximum absolute atomic E-state index is 11.9. The number of urea groups is 1. The summed E-state index contributed by atoms with van der Waals surface area (Å²) >= 11 is 0. The lowest BCUT2D eigenvalue weighted by molar-refractivity contribution is -0.120. The molecule has 0 aliphatic heterocycles. The van der Waals surface area contributed by atoms with E-state index in [1.807, 2.05) is 55.8 Å². The SMILES string of the molecule is CCCNC(=O)CNC(=O)NCc1c(C)nn(-c2ccccc2)c1C. The molecule has 7 nitrogen and oxygen atoms in total. The molecule has 0 aliphatic carbocycles. The van der Waals surface area contributed by atoms with Crippen molar-refractivity contribution in [2.75, 3.05) is 13.1 Å². The predicted molar refractivity (Wildman–Crippen MR) is 96.6 cm³/mol. The van der Waals surface area contributed by atoms with Gasteiger partial charge in [-0.2, -0.15) is 5.10 Å². The highest BCUT2D eigenvalue weighted by molar-refractivity contribution is 5.83. The Kier molecular flexibility index (Phi) is 6.56. The zero-order valence-corrected chi connectivity index (χ0v) is 14.9. The fourth-order valence-electron chi connectivity index (χ4n) is 2.47. The number of nitrogens with zero attached hydrogens (tertiary/aromatic N) is 2. The molecule has 0 radical (unpaired) electrons. The molecule has 0 aliphatic rings. The van der Waals surface area contributed by atoms with Crippen LogP contribution in [-0.4, -0.2) is 34.8 Å². The minimum atomic E-state index is -0.377. The van der Waals surface area contributed by atoms with Gasteiger partial charge in [-0.1, -0.05) is 25.1 Å². The Balaban J connectivity index is 1.92. The topological polar surface area (TPSA) is 88.1 Å². The van der Waals surface area contributed by atoms with Gasteiger partial charge in [-0.3, -0.25) is 4.79 Å². The van der Waals surface area contributed by atoms with Crippen LogP contribution in [0, 0.1) is 13.8 Å². The van der Waals surface area contributed by atoms with Crippen LogP contribution in [0.4, 0.5) is 4.79 Å². The van der Waals surface area contributed by atoms with Crippen molar-refractivity contribution in [1.29, 1.82) is 0 Å². The van der Waals surface area contributed by atoms with Gasteiger partial charge in [-0.15, -0.1) is 0 Å². The summed E-state index contributed by atoms with van der Waals surface area (Å²) in [6.07, 6.45) is 0.863. The van der Waals surface area contributed by atoms with Gasteiger partial charge in [0, 0.05) is 24.3 Å². The van der Waals surface area contributed by atoms with Crippen LogP contribution in [0.3, 0.4) is 0 Å². The molecular weight excluding hydrogens is 318 g/mol. The van der Waals surface area contributed by atoms with Crippen molar-refractivity contribution in [2.24, 2.45) is 0 Å². The minimum absolute atomic E-state index is 0.0346. The molecule has 1 aromatic heterocycles. The Bertz CT molecular complexity index is 725. The fourth-order valence-corrected chi connectivity index (χ4v) is 2.47. The van der Waals surface area contributed by atoms with Gasteiger partial charge in [0.15, 0.2) is 0 Å². The third-order valence-corrected chi connectivity index (χ3v) is 3.85. The summed E-state index contributed by atoms with van der Waals surface area (Å²) in [5, 5.41) is 12.6. The first-order valence-electron chi connectivity index (χ1n) is 8.41. The van der Waals surface area contributed by atoms with Crippen LogP contribution in [0.1, 0.15) is 30.3 Å². The summed E-state index contributed by atoms with van der Waals surface area (Å²) in [6, 6.07) is 9.47. The first-order chi connectivity index (χ1) is 12.0. The Morgan fingerprint density at radius 3 is 2.48 bits per heavy atom. The molecule has 0 bridgehead atoms. The summed E-state index contributed by atoms with van der Waals surface area (Å²) in [5.41, 5.74) is 3.79. The van der Waals surface area contributed by atoms with E-state index >= 15 is 0 Å². The third kappa shape index (κ3) is 5.07. The molecule has 2 rings (SSSR count). The molecule has 0 saturated carbocycles. The van der Waals surface area contributed by atoms with Gasteiger partial charge in [-0.25, -0.2) is 9.48 Å². The van der Waals surface area contributed by atoms with Crippen molar-refractivity contribution in [2.45, 2.75) is 33.7 Å². The lowest BCUT2D eigenvalue weighted by Crippen LogP contribution is -2.42. The van der Waals surface area contributed by atoms with Gasteiger partial charge < -0.3 is 16.0 Å². The Morgan fingerprint density at radius 2 is 1.80 bits per heavy atom. The summed E-state index contributed by atoms with van der Waals surface area (Å²) in [7, 11) is 0. The molecule has 0 spiro atoms. The van der Waals surface area contributed by atoms with Crippen LogP contribution < -0.4 is 16.0 Å². The van der Waals surface area contributed by atoms with Gasteiger partial charge in [-0.05, 0) is 32.4 Å². The number of benzene rings is 1. The van der Waals surface area contributed by atoms with Crippen molar-refractivity contribution >= 4 is 11.9 Å². The molecule has 0 saturated heterocycles. The second-order valence-corrected chi connectivity index (χ2v) is 5.78. The Morgan fingerprint density at radius 1 is 1.08 bits per heavy atom. The number of carbonyl (C=O) groups is 2. The van der Waals surface area contributed by atoms with Crippen LogP contribution in [-0.2, 0) is 11.3 Å². The molecule has 0 fully saturated rings. The normalized spacial score (nSPS) is 10.4. The average Bonchev–Trinajstić information content (AvgIpc) is 2.91. The lowest BCUT2D eigenvalue weighted by Gasteiger charge is -2.09. The highest BCUT2D eigenvalue weighted by Crippen LogP contribution is 2.17. The van der Waals surface area contributed by atoms with Crippen molar-refractivity contribution in [1.82, 2.24) is 25.7 Å². The number of rotatable bonds is 7. The quantitative estimate of drug-likeness (QED) is 0.716. The molecule has 0 atom stereocenters. The summed E-state index contributed by atoms with van der Waals surface area (Å²) in [5.74, 6) is -0.193. The molecule has 1 aromatic carbocycles. The molecule has 3 N–H and O–H groups in total. The maximum atomic E-state index is 11.9. The lowest BCUT2D eigenvalue weighted by atomic mass is 10.2. The number of para-hydroxylation sites is 1. The number of aryl methyl sites for hydroxylation is 1. The van der Waals surface area contributed by atoms with Crippen LogP contribution in [0.15, 0.2) is 30.3 Å². The first kappa shape index (κ1) is 18.5. The van der Waals surface area contributed by atoms with Crippen LogP contribution >= 0.6 is 0 Å². The first-order valence-corrected chi connectivity index (χ1v) is 8.41. The molecular formula is C18H25N5O2. The van der Waals surface area contributed by atoms with Gasteiger partial charge in [0.05, 0.1) is 17.9 Å². The average molecular weight is 343 g/mol. The van der Waals surface area contributed by atoms with E-state index in [-0.39, 0.29) is 18.5 Å². The number of amides is 3. The van der Waals surface area contributed by atoms with E-state index in [4.69, 9.17) is 0 Å². The summed E-state index contributed by atoms with van der Waals surface area (Å²) < 4.78 is 1.86. The minimum Gasteiger partial charge on any atom is -0.355 e. The highest BCUT2D eigenvalue weighted by atomic mass is 16.2. The molecule has 1 heterocycles. The molecule has 134 valence electrons. The van der Waals surface area contributed by atoms with Gasteiger partial charge in [0.1, 0.15) is 0 Å². The fraction of sp³-hybridized carbons (Fsp3) is 0.389. The zero-order chi connectivity index (χ0) is 18.2. The smallest absolute Gasteiger partial charge is 0.315 e. The highest BCUT2D eigenvalue weighted by Gasteiger charge is 2.13. The second kappa shape index (κ2) is 8.86. The zero-order valence-electron chi connectivity index (χ0n) is 14.9. The predicted octanol–water partition coefficient (Wildman–Crippen LogP) is 1.81. The van der Waals surface area contributed by atoms with Crippen LogP contribution in [0.2, 0.25) is 0 Å². The van der Waals surface area contributed by atoms with Gasteiger partial charge >= 0.3 is 6.03 Å². The van der Waals surface area contributed by atoms with Gasteiger partial charge in [0.25, 0.3) is 0 Å². The number of aromatic nitrogens is 2. The van der Waals surface area contributed by atoms with E-state index in [2.05, 4.69) is 21.0 Å². The van der Waals surface area contributed by atoms with Crippen molar-refractivity contribution < 1.29 is 9.59 Å². The Labute approximate surface area is 147 Å². The van der Waals surface area contributed by atoms with Crippen LogP contribution in [0.25, 0.3) is 5.69 Å². The van der Waals surface area contributed by atoms with E-state index < -0.39 is 0 Å². The number of carbonyl (C=O) groups excluding carboxylic acids is 2. The third-order valence-electron chi connectivity index (χ3n) is 3.85. The van der Waals surface area contributed by atoms with Crippen molar-refractivity contribution in [3.63, 3.8) is 0 Å². The molecule has 3 amide bonds. The molecule has 7 heteroatoms. The monoisotopic (exact) mass is 343 g/mol. The summed E-state index contributed by atoms with van der Waals surface area (Å²) in [6.45, 7) is 6.79. The molecule has 2 aromatic rings. The number of hydrogen-bond acceptors (Lipinski definition) is 3. The molecule has 0 unspecified atom stereocenters. The van der Waals surface area contributed by atoms with E-state index in [0.717, 1.165) is 29.1 Å². The van der Waals surface area contributed by atoms with Crippen molar-refractivity contribution in [3.05, 3.63) is 47.3 Å². The van der Waals surface area contributed by atoms with Gasteiger partial charge in [0.2, 0.25) is 5.91 Å². The summed E-state index contributed by atoms with van der Waals surface area (Å²) in [4.78, 5) is 23.3. The molecule has 25 heavy (non-hydrogen) atoms. The Hall–Kier alpha value is -2.83. The number of hydrogen-bond donors (Lipinski definition) is 3. The second-order valence-electron chi connectivity index (χ2n) is 5.78. The van der Waals surface area contributed by atoms with E-state index in [9.17, 15) is 9.59 Å². The van der Waals surface area contributed by atoms with Crippen molar-refractivity contribution in [3.8, 4) is 5.69 Å². The van der Waals surface area contributed by atoms with E-state index in [1.54, 1.807) is 0 Å². The van der Waals surface area contributed by atoms with E-state index in [0.29, 0.717) is 13.1 Å².